The SMILES string of the molecule is CCCCNC(=O)c1cc(C(=O)NCC(C)C)ccn1. The molecular formula is C15H23N3O2. The van der Waals surface area contributed by atoms with Gasteiger partial charge in [-0.2, -0.15) is 0 Å². The van der Waals surface area contributed by atoms with Crippen molar-refractivity contribution in [1.82, 2.24) is 15.6 Å². The molecule has 0 radical (unpaired) electrons. The molecule has 1 aromatic heterocycles. The predicted octanol–water partition coefficient (Wildman–Crippen LogP) is 2.00. The van der Waals surface area contributed by atoms with E-state index in [0.29, 0.717) is 24.6 Å². The summed E-state index contributed by atoms with van der Waals surface area (Å²) >= 11 is 0. The molecule has 1 heterocycles. The first-order chi connectivity index (χ1) is 9.54. The van der Waals surface area contributed by atoms with Gasteiger partial charge in [0.1, 0.15) is 5.69 Å². The number of pyridine rings is 1. The average Bonchev–Trinajstić information content (AvgIpc) is 2.45. The van der Waals surface area contributed by atoms with E-state index >= 15 is 0 Å². The van der Waals surface area contributed by atoms with Gasteiger partial charge >= 0.3 is 0 Å². The Kier molecular flexibility index (Phi) is 6.70. The Hall–Kier alpha value is -1.91. The summed E-state index contributed by atoms with van der Waals surface area (Å²) in [5.41, 5.74) is 0.736. The second-order valence-electron chi connectivity index (χ2n) is 5.14. The highest BCUT2D eigenvalue weighted by Gasteiger charge is 2.11. The fraction of sp³-hybridized carbons (Fsp3) is 0.533. The van der Waals surface area contributed by atoms with Gasteiger partial charge in [-0.1, -0.05) is 27.2 Å². The zero-order valence-corrected chi connectivity index (χ0v) is 12.4. The van der Waals surface area contributed by atoms with Crippen LogP contribution in [-0.2, 0) is 0 Å². The third kappa shape index (κ3) is 5.38. The Labute approximate surface area is 120 Å². The summed E-state index contributed by atoms with van der Waals surface area (Å²) in [5, 5.41) is 5.60. The van der Waals surface area contributed by atoms with Gasteiger partial charge in [-0.05, 0) is 24.5 Å². The number of carbonyl (C=O) groups is 2. The first-order valence-corrected chi connectivity index (χ1v) is 7.07. The maximum absolute atomic E-state index is 11.9. The third-order valence-corrected chi connectivity index (χ3v) is 2.74. The summed E-state index contributed by atoms with van der Waals surface area (Å²) < 4.78 is 0. The van der Waals surface area contributed by atoms with Crippen molar-refractivity contribution < 1.29 is 9.59 Å². The number of hydrogen-bond donors (Lipinski definition) is 2. The molecule has 0 aliphatic heterocycles. The van der Waals surface area contributed by atoms with Crippen LogP contribution in [0.1, 0.15) is 54.5 Å². The lowest BCUT2D eigenvalue weighted by Gasteiger charge is -2.08. The molecule has 0 aromatic carbocycles. The quantitative estimate of drug-likeness (QED) is 0.749. The topological polar surface area (TPSA) is 71.1 Å². The van der Waals surface area contributed by atoms with Crippen LogP contribution in [0.4, 0.5) is 0 Å². The van der Waals surface area contributed by atoms with Gasteiger partial charge in [0.25, 0.3) is 11.8 Å². The van der Waals surface area contributed by atoms with Gasteiger partial charge in [-0.25, -0.2) is 0 Å². The highest BCUT2D eigenvalue weighted by Crippen LogP contribution is 2.03. The molecule has 110 valence electrons. The summed E-state index contributed by atoms with van der Waals surface area (Å²) in [6, 6.07) is 3.13. The maximum Gasteiger partial charge on any atom is 0.269 e. The molecule has 20 heavy (non-hydrogen) atoms. The standard InChI is InChI=1S/C15H23N3O2/c1-4-5-7-17-15(20)13-9-12(6-8-16-13)14(19)18-10-11(2)3/h6,8-9,11H,4-5,7,10H2,1-3H3,(H,17,20)(H,18,19). The molecule has 5 heteroatoms. The van der Waals surface area contributed by atoms with Crippen LogP contribution in [0.3, 0.4) is 0 Å². The summed E-state index contributed by atoms with van der Waals surface area (Å²) in [6.45, 7) is 7.35. The normalized spacial score (nSPS) is 10.4. The minimum absolute atomic E-state index is 0.177. The minimum atomic E-state index is -0.239. The lowest BCUT2D eigenvalue weighted by molar-refractivity contribution is 0.0948. The second-order valence-corrected chi connectivity index (χ2v) is 5.14. The van der Waals surface area contributed by atoms with Crippen LogP contribution in [0.2, 0.25) is 0 Å². The van der Waals surface area contributed by atoms with E-state index in [0.717, 1.165) is 12.8 Å². The number of unbranched alkanes of at least 4 members (excludes halogenated alkanes) is 1. The molecule has 1 rings (SSSR count). The van der Waals surface area contributed by atoms with E-state index in [2.05, 4.69) is 22.5 Å². The first kappa shape index (κ1) is 16.1. The summed E-state index contributed by atoms with van der Waals surface area (Å²) in [5.74, 6) is -0.0294. The van der Waals surface area contributed by atoms with Crippen LogP contribution < -0.4 is 10.6 Å². The van der Waals surface area contributed by atoms with E-state index in [1.54, 1.807) is 6.07 Å². The van der Waals surface area contributed by atoms with E-state index in [9.17, 15) is 9.59 Å². The van der Waals surface area contributed by atoms with E-state index in [1.807, 2.05) is 13.8 Å². The molecule has 2 amide bonds. The Balaban J connectivity index is 2.65. The van der Waals surface area contributed by atoms with Gasteiger partial charge in [-0.15, -0.1) is 0 Å². The van der Waals surface area contributed by atoms with E-state index in [-0.39, 0.29) is 17.5 Å². The minimum Gasteiger partial charge on any atom is -0.352 e. The largest absolute Gasteiger partial charge is 0.352 e. The van der Waals surface area contributed by atoms with Crippen molar-refractivity contribution in [2.45, 2.75) is 33.6 Å². The van der Waals surface area contributed by atoms with Gasteiger partial charge in [-0.3, -0.25) is 14.6 Å². The van der Waals surface area contributed by atoms with Crippen molar-refractivity contribution in [2.75, 3.05) is 13.1 Å². The second kappa shape index (κ2) is 8.30. The smallest absolute Gasteiger partial charge is 0.269 e. The van der Waals surface area contributed by atoms with Gasteiger partial charge in [0.2, 0.25) is 0 Å². The summed E-state index contributed by atoms with van der Waals surface area (Å²) in [7, 11) is 0. The summed E-state index contributed by atoms with van der Waals surface area (Å²) in [6.07, 6.45) is 3.44. The van der Waals surface area contributed by atoms with Gasteiger partial charge in [0, 0.05) is 24.8 Å². The van der Waals surface area contributed by atoms with Crippen LogP contribution in [0.25, 0.3) is 0 Å². The van der Waals surface area contributed by atoms with Crippen molar-refractivity contribution >= 4 is 11.8 Å². The number of nitrogens with one attached hydrogen (secondary N) is 2. The molecule has 0 saturated heterocycles. The fourth-order valence-corrected chi connectivity index (χ4v) is 1.56. The number of nitrogens with zero attached hydrogens (tertiary/aromatic N) is 1. The molecule has 0 unspecified atom stereocenters. The predicted molar refractivity (Wildman–Crippen MR) is 78.6 cm³/mol. The zero-order valence-electron chi connectivity index (χ0n) is 12.4. The van der Waals surface area contributed by atoms with E-state index in [1.165, 1.54) is 12.3 Å². The van der Waals surface area contributed by atoms with Crippen molar-refractivity contribution in [1.29, 1.82) is 0 Å². The highest BCUT2D eigenvalue weighted by molar-refractivity contribution is 5.98. The maximum atomic E-state index is 11.9. The molecule has 0 bridgehead atoms. The lowest BCUT2D eigenvalue weighted by atomic mass is 10.2. The molecule has 0 aliphatic carbocycles. The first-order valence-electron chi connectivity index (χ1n) is 7.07. The average molecular weight is 277 g/mol. The number of aromatic nitrogens is 1. The van der Waals surface area contributed by atoms with Gasteiger partial charge < -0.3 is 10.6 Å². The van der Waals surface area contributed by atoms with Crippen LogP contribution in [0.15, 0.2) is 18.3 Å². The number of amides is 2. The zero-order chi connectivity index (χ0) is 15.0. The number of carbonyl (C=O) groups excluding carboxylic acids is 2. The number of hydrogen-bond acceptors (Lipinski definition) is 3. The molecule has 0 fully saturated rings. The van der Waals surface area contributed by atoms with Crippen molar-refractivity contribution in [3.8, 4) is 0 Å². The Morgan fingerprint density at radius 1 is 1.25 bits per heavy atom. The Morgan fingerprint density at radius 3 is 2.65 bits per heavy atom. The van der Waals surface area contributed by atoms with Crippen LogP contribution in [-0.4, -0.2) is 29.9 Å². The number of rotatable bonds is 7. The van der Waals surface area contributed by atoms with Crippen molar-refractivity contribution in [3.63, 3.8) is 0 Å². The summed E-state index contributed by atoms with van der Waals surface area (Å²) in [4.78, 5) is 27.8. The van der Waals surface area contributed by atoms with Gasteiger partial charge in [0.05, 0.1) is 0 Å². The van der Waals surface area contributed by atoms with Crippen LogP contribution >= 0.6 is 0 Å². The van der Waals surface area contributed by atoms with Crippen LogP contribution in [0.5, 0.6) is 0 Å². The highest BCUT2D eigenvalue weighted by atomic mass is 16.2. The molecular weight excluding hydrogens is 254 g/mol. The van der Waals surface area contributed by atoms with Crippen LogP contribution in [0, 0.1) is 5.92 Å². The molecule has 5 nitrogen and oxygen atoms in total. The third-order valence-electron chi connectivity index (χ3n) is 2.74. The van der Waals surface area contributed by atoms with E-state index < -0.39 is 0 Å². The van der Waals surface area contributed by atoms with E-state index in [4.69, 9.17) is 0 Å². The molecule has 1 aromatic rings. The van der Waals surface area contributed by atoms with Crippen molar-refractivity contribution in [2.24, 2.45) is 5.92 Å². The molecule has 0 saturated carbocycles. The molecule has 0 spiro atoms. The molecule has 2 N–H and O–H groups in total. The molecule has 0 atom stereocenters. The lowest BCUT2D eigenvalue weighted by Crippen LogP contribution is -2.29. The van der Waals surface area contributed by atoms with Gasteiger partial charge in [0.15, 0.2) is 0 Å². The Bertz CT molecular complexity index is 458. The van der Waals surface area contributed by atoms with Crippen molar-refractivity contribution in [3.05, 3.63) is 29.6 Å². The monoisotopic (exact) mass is 277 g/mol. The Morgan fingerprint density at radius 2 is 2.00 bits per heavy atom. The fourth-order valence-electron chi connectivity index (χ4n) is 1.56. The molecule has 0 aliphatic rings.